The second-order valence-corrected chi connectivity index (χ2v) is 11.0. The number of hydrogen-bond acceptors (Lipinski definition) is 7. The van der Waals surface area contributed by atoms with Gasteiger partial charge in [0, 0.05) is 36.5 Å². The second kappa shape index (κ2) is 12.2. The lowest BCUT2D eigenvalue weighted by Crippen LogP contribution is -2.43. The number of aryl methyl sites for hydroxylation is 2. The van der Waals surface area contributed by atoms with E-state index in [0.717, 1.165) is 35.2 Å². The van der Waals surface area contributed by atoms with Crippen LogP contribution in [0.3, 0.4) is 0 Å². The monoisotopic (exact) mass is 561 g/mol. The van der Waals surface area contributed by atoms with E-state index in [-0.39, 0.29) is 23.6 Å². The third kappa shape index (κ3) is 6.01. The maximum Gasteiger partial charge on any atom is 0.310 e. The van der Waals surface area contributed by atoms with Crippen LogP contribution in [-0.4, -0.2) is 62.7 Å². The molecule has 3 aromatic rings. The number of likely N-dealkylation sites (tertiary alicyclic amines) is 1. The van der Waals surface area contributed by atoms with Crippen LogP contribution in [-0.2, 0) is 14.3 Å². The lowest BCUT2D eigenvalue weighted by molar-refractivity contribution is -0.150. The fraction of sp³-hybridized carbons (Fsp3) is 0.367. The molecule has 1 amide bonds. The average molecular weight is 562 g/mol. The number of benzene rings is 2. The zero-order valence-corrected chi connectivity index (χ0v) is 23.7. The summed E-state index contributed by atoms with van der Waals surface area (Å²) in [6, 6.07) is 13.0. The van der Waals surface area contributed by atoms with Gasteiger partial charge in [-0.25, -0.2) is 4.39 Å². The minimum atomic E-state index is -0.356. The van der Waals surface area contributed by atoms with E-state index in [1.165, 1.54) is 17.8 Å². The van der Waals surface area contributed by atoms with Crippen molar-refractivity contribution in [2.75, 3.05) is 25.4 Å². The number of piperidine rings is 1. The minimum absolute atomic E-state index is 0.166. The number of aromatic nitrogens is 3. The molecule has 3 heterocycles. The van der Waals surface area contributed by atoms with Crippen molar-refractivity contribution in [2.24, 2.45) is 10.9 Å². The van der Waals surface area contributed by atoms with Gasteiger partial charge in [-0.05, 0) is 57.4 Å². The van der Waals surface area contributed by atoms with Gasteiger partial charge in [0.25, 0.3) is 5.91 Å². The Bertz CT molecular complexity index is 1480. The fourth-order valence-electron chi connectivity index (χ4n) is 4.89. The normalized spacial score (nSPS) is 17.0. The summed E-state index contributed by atoms with van der Waals surface area (Å²) in [6.45, 7) is 6.91. The van der Waals surface area contributed by atoms with Gasteiger partial charge in [-0.2, -0.15) is 0 Å². The lowest BCUT2D eigenvalue weighted by atomic mass is 9.98. The number of aliphatic imine (C=N–C) groups is 1. The van der Waals surface area contributed by atoms with Gasteiger partial charge < -0.3 is 9.64 Å². The Morgan fingerprint density at radius 3 is 2.62 bits per heavy atom. The fourth-order valence-corrected chi connectivity index (χ4v) is 5.78. The van der Waals surface area contributed by atoms with E-state index in [0.29, 0.717) is 54.2 Å². The highest BCUT2D eigenvalue weighted by molar-refractivity contribution is 7.99. The molecule has 1 unspecified atom stereocenters. The molecule has 0 radical (unpaired) electrons. The number of allylic oxidation sites excluding steroid dienone is 1. The number of nitrogens with zero attached hydrogens (tertiary/aromatic N) is 5. The first-order chi connectivity index (χ1) is 19.3. The standard InChI is InChI=1S/C30H32FN5O3S/c1-4-39-29(38)22-6-5-15-35(17-22)28(37)25-13-12-23(32-25)18-40-30-34-33-27(21-10-7-19(2)8-11-21)36(30)26-14-9-20(3)16-24(26)31/h7-11,13-14,16,22H,4-6,12,15,17-18H2,1-3H3. The van der Waals surface area contributed by atoms with Gasteiger partial charge in [0.1, 0.15) is 11.5 Å². The molecule has 0 bridgehead atoms. The van der Waals surface area contributed by atoms with Crippen LogP contribution in [0, 0.1) is 25.6 Å². The van der Waals surface area contributed by atoms with Gasteiger partial charge in [0.05, 0.1) is 18.2 Å². The van der Waals surface area contributed by atoms with Crippen LogP contribution in [0.25, 0.3) is 17.1 Å². The Morgan fingerprint density at radius 1 is 1.10 bits per heavy atom. The van der Waals surface area contributed by atoms with E-state index in [4.69, 9.17) is 4.74 Å². The molecule has 1 fully saturated rings. The lowest BCUT2D eigenvalue weighted by Gasteiger charge is -2.31. The third-order valence-corrected chi connectivity index (χ3v) is 8.01. The Hall–Kier alpha value is -3.79. The molecule has 2 aliphatic rings. The van der Waals surface area contributed by atoms with Crippen molar-refractivity contribution in [2.45, 2.75) is 45.2 Å². The SMILES string of the molecule is CCOC(=O)C1CCCN(C(=O)C2=CCC(CSc3nnc(-c4ccc(C)cc4)n3-c3ccc(C)cc3F)=N2)C1. The number of carbonyl (C=O) groups is 2. The van der Waals surface area contributed by atoms with E-state index < -0.39 is 0 Å². The highest BCUT2D eigenvalue weighted by Crippen LogP contribution is 2.31. The Balaban J connectivity index is 1.32. The van der Waals surface area contributed by atoms with Crippen LogP contribution >= 0.6 is 11.8 Å². The van der Waals surface area contributed by atoms with Crippen LogP contribution in [0.4, 0.5) is 4.39 Å². The summed E-state index contributed by atoms with van der Waals surface area (Å²) >= 11 is 1.40. The van der Waals surface area contributed by atoms with Crippen molar-refractivity contribution in [3.05, 3.63) is 71.2 Å². The highest BCUT2D eigenvalue weighted by Gasteiger charge is 2.31. The number of amides is 1. The molecule has 0 saturated carbocycles. The zero-order valence-electron chi connectivity index (χ0n) is 22.9. The Morgan fingerprint density at radius 2 is 1.88 bits per heavy atom. The maximum absolute atomic E-state index is 15.1. The molecule has 0 aliphatic carbocycles. The molecule has 0 N–H and O–H groups in total. The number of thioether (sulfide) groups is 1. The van der Waals surface area contributed by atoms with Gasteiger partial charge in [0.2, 0.25) is 0 Å². The topological polar surface area (TPSA) is 89.7 Å². The molecule has 40 heavy (non-hydrogen) atoms. The first kappa shape index (κ1) is 27.8. The smallest absolute Gasteiger partial charge is 0.310 e. The summed E-state index contributed by atoms with van der Waals surface area (Å²) in [5.41, 5.74) is 4.36. The molecule has 1 saturated heterocycles. The summed E-state index contributed by atoms with van der Waals surface area (Å²) < 4.78 is 22.0. The molecular weight excluding hydrogens is 529 g/mol. The molecule has 1 aromatic heterocycles. The number of halogens is 1. The third-order valence-electron chi connectivity index (χ3n) is 7.01. The maximum atomic E-state index is 15.1. The van der Waals surface area contributed by atoms with Crippen molar-refractivity contribution in [3.8, 4) is 17.1 Å². The van der Waals surface area contributed by atoms with Crippen LogP contribution in [0.1, 0.15) is 37.3 Å². The average Bonchev–Trinajstić information content (AvgIpc) is 3.60. The molecule has 8 nitrogen and oxygen atoms in total. The summed E-state index contributed by atoms with van der Waals surface area (Å²) in [7, 11) is 0. The summed E-state index contributed by atoms with van der Waals surface area (Å²) in [5.74, 6) is -0.0482. The number of esters is 1. The number of hydrogen-bond donors (Lipinski definition) is 0. The first-order valence-electron chi connectivity index (χ1n) is 13.5. The van der Waals surface area contributed by atoms with Crippen molar-refractivity contribution in [3.63, 3.8) is 0 Å². The van der Waals surface area contributed by atoms with E-state index in [2.05, 4.69) is 15.2 Å². The second-order valence-electron chi connectivity index (χ2n) is 10.1. The molecule has 10 heteroatoms. The molecule has 0 spiro atoms. The number of ether oxygens (including phenoxy) is 1. The Kier molecular flexibility index (Phi) is 8.44. The van der Waals surface area contributed by atoms with Crippen LogP contribution in [0.15, 0.2) is 64.4 Å². The van der Waals surface area contributed by atoms with E-state index >= 15 is 4.39 Å². The Labute approximate surface area is 237 Å². The zero-order chi connectivity index (χ0) is 28.2. The molecule has 5 rings (SSSR count). The van der Waals surface area contributed by atoms with E-state index in [1.807, 2.05) is 50.3 Å². The van der Waals surface area contributed by atoms with E-state index in [9.17, 15) is 9.59 Å². The summed E-state index contributed by atoms with van der Waals surface area (Å²) in [5, 5.41) is 9.35. The van der Waals surface area contributed by atoms with Crippen molar-refractivity contribution >= 4 is 29.4 Å². The molecule has 208 valence electrons. The number of carbonyl (C=O) groups excluding carboxylic acids is 2. The largest absolute Gasteiger partial charge is 0.466 e. The van der Waals surface area contributed by atoms with Crippen molar-refractivity contribution in [1.29, 1.82) is 0 Å². The van der Waals surface area contributed by atoms with Crippen LogP contribution < -0.4 is 0 Å². The van der Waals surface area contributed by atoms with Gasteiger partial charge in [-0.3, -0.25) is 19.1 Å². The first-order valence-corrected chi connectivity index (χ1v) is 14.5. The van der Waals surface area contributed by atoms with Crippen LogP contribution in [0.5, 0.6) is 0 Å². The predicted octanol–water partition coefficient (Wildman–Crippen LogP) is 5.31. The van der Waals surface area contributed by atoms with Gasteiger partial charge >= 0.3 is 5.97 Å². The molecule has 2 aliphatic heterocycles. The van der Waals surface area contributed by atoms with Crippen molar-refractivity contribution < 1.29 is 18.7 Å². The minimum Gasteiger partial charge on any atom is -0.466 e. The van der Waals surface area contributed by atoms with Crippen molar-refractivity contribution in [1.82, 2.24) is 19.7 Å². The predicted molar refractivity (Wildman–Crippen MR) is 153 cm³/mol. The highest BCUT2D eigenvalue weighted by atomic mass is 32.2. The van der Waals surface area contributed by atoms with Gasteiger partial charge in [-0.1, -0.05) is 47.7 Å². The van der Waals surface area contributed by atoms with Gasteiger partial charge in [-0.15, -0.1) is 10.2 Å². The summed E-state index contributed by atoms with van der Waals surface area (Å²) in [4.78, 5) is 31.7. The molecule has 1 atom stereocenters. The number of rotatable bonds is 8. The molecular formula is C30H32FN5O3S. The quantitative estimate of drug-likeness (QED) is 0.274. The molecule has 2 aromatic carbocycles. The summed E-state index contributed by atoms with van der Waals surface area (Å²) in [6.07, 6.45) is 3.85. The van der Waals surface area contributed by atoms with Crippen LogP contribution in [0.2, 0.25) is 0 Å². The van der Waals surface area contributed by atoms with Gasteiger partial charge in [0.15, 0.2) is 11.0 Å². The van der Waals surface area contributed by atoms with E-state index in [1.54, 1.807) is 22.5 Å².